The van der Waals surface area contributed by atoms with Crippen molar-refractivity contribution in [3.05, 3.63) is 18.2 Å². The molecule has 1 aromatic carbocycles. The molecule has 0 atom stereocenters. The van der Waals surface area contributed by atoms with Gasteiger partial charge >= 0.3 is 6.03 Å². The van der Waals surface area contributed by atoms with Crippen LogP contribution >= 0.6 is 0 Å². The number of hydrogen-bond acceptors (Lipinski definition) is 5. The number of nitrogens with one attached hydrogen (secondary N) is 2. The molecule has 0 aliphatic heterocycles. The highest BCUT2D eigenvalue weighted by molar-refractivity contribution is 7.89. The number of carbonyl (C=O) groups is 1. The molecular formula is C10H16N4O4S. The zero-order valence-corrected chi connectivity index (χ0v) is 11.2. The first kappa shape index (κ1) is 15.1. The molecule has 1 rings (SSSR count). The van der Waals surface area contributed by atoms with Gasteiger partial charge in [-0.2, -0.15) is 0 Å². The molecule has 0 aliphatic carbocycles. The van der Waals surface area contributed by atoms with Crippen LogP contribution in [0.4, 0.5) is 10.5 Å². The third-order valence-electron chi connectivity index (χ3n) is 2.19. The van der Waals surface area contributed by atoms with Gasteiger partial charge < -0.3 is 21.5 Å². The maximum Gasteiger partial charge on any atom is 0.312 e. The number of methoxy groups -OCH3 is 1. The van der Waals surface area contributed by atoms with Crippen LogP contribution in [-0.2, 0) is 10.0 Å². The van der Waals surface area contributed by atoms with E-state index in [4.69, 9.17) is 16.2 Å². The SMILES string of the molecule is COc1cc(N)ccc1S(=O)(=O)NCCNC(N)=O. The monoisotopic (exact) mass is 288 g/mol. The Morgan fingerprint density at radius 3 is 2.63 bits per heavy atom. The number of nitrogens with two attached hydrogens (primary N) is 2. The van der Waals surface area contributed by atoms with Crippen molar-refractivity contribution in [1.82, 2.24) is 10.0 Å². The molecule has 0 spiro atoms. The van der Waals surface area contributed by atoms with E-state index in [2.05, 4.69) is 10.0 Å². The van der Waals surface area contributed by atoms with E-state index in [9.17, 15) is 13.2 Å². The molecule has 19 heavy (non-hydrogen) atoms. The summed E-state index contributed by atoms with van der Waals surface area (Å²) in [4.78, 5) is 10.4. The summed E-state index contributed by atoms with van der Waals surface area (Å²) in [6.07, 6.45) is 0. The second-order valence-electron chi connectivity index (χ2n) is 3.60. The molecule has 0 bridgehead atoms. The number of sulfonamides is 1. The number of ether oxygens (including phenoxy) is 1. The van der Waals surface area contributed by atoms with Crippen molar-refractivity contribution in [1.29, 1.82) is 0 Å². The van der Waals surface area contributed by atoms with Crippen molar-refractivity contribution in [3.8, 4) is 5.75 Å². The van der Waals surface area contributed by atoms with E-state index < -0.39 is 16.1 Å². The van der Waals surface area contributed by atoms with Crippen LogP contribution in [0.15, 0.2) is 23.1 Å². The summed E-state index contributed by atoms with van der Waals surface area (Å²) >= 11 is 0. The van der Waals surface area contributed by atoms with Crippen LogP contribution in [0.2, 0.25) is 0 Å². The Balaban J connectivity index is 2.80. The number of benzene rings is 1. The fraction of sp³-hybridized carbons (Fsp3) is 0.300. The Kier molecular flexibility index (Phi) is 4.95. The molecular weight excluding hydrogens is 272 g/mol. The molecule has 0 unspecified atom stereocenters. The number of carbonyl (C=O) groups excluding carboxylic acids is 1. The summed E-state index contributed by atoms with van der Waals surface area (Å²) in [5.41, 5.74) is 10.8. The number of nitrogen functional groups attached to an aromatic ring is 1. The van der Waals surface area contributed by atoms with Gasteiger partial charge in [0.25, 0.3) is 0 Å². The molecule has 6 N–H and O–H groups in total. The largest absolute Gasteiger partial charge is 0.495 e. The van der Waals surface area contributed by atoms with Crippen LogP contribution in [0.3, 0.4) is 0 Å². The smallest absolute Gasteiger partial charge is 0.312 e. The van der Waals surface area contributed by atoms with E-state index in [1.54, 1.807) is 0 Å². The van der Waals surface area contributed by atoms with Gasteiger partial charge in [0.05, 0.1) is 7.11 Å². The minimum Gasteiger partial charge on any atom is -0.495 e. The summed E-state index contributed by atoms with van der Waals surface area (Å²) in [7, 11) is -2.39. The number of amides is 2. The summed E-state index contributed by atoms with van der Waals surface area (Å²) in [6.45, 7) is 0.102. The quantitative estimate of drug-likeness (QED) is 0.402. The van der Waals surface area contributed by atoms with E-state index in [1.165, 1.54) is 25.3 Å². The first-order valence-corrected chi connectivity index (χ1v) is 6.81. The Morgan fingerprint density at radius 1 is 1.37 bits per heavy atom. The first-order valence-electron chi connectivity index (χ1n) is 5.33. The zero-order chi connectivity index (χ0) is 14.5. The Hall–Kier alpha value is -2.00. The summed E-state index contributed by atoms with van der Waals surface area (Å²) in [6, 6.07) is 3.50. The van der Waals surface area contributed by atoms with Gasteiger partial charge in [0.2, 0.25) is 10.0 Å². The number of hydrogen-bond donors (Lipinski definition) is 4. The molecule has 0 saturated carbocycles. The average molecular weight is 288 g/mol. The van der Waals surface area contributed by atoms with Crippen LogP contribution in [0.1, 0.15) is 0 Å². The van der Waals surface area contributed by atoms with Gasteiger partial charge in [0.15, 0.2) is 0 Å². The molecule has 9 heteroatoms. The number of rotatable bonds is 6. The maximum atomic E-state index is 12.0. The lowest BCUT2D eigenvalue weighted by atomic mass is 10.3. The minimum atomic E-state index is -3.74. The predicted molar refractivity (Wildman–Crippen MR) is 70.2 cm³/mol. The lowest BCUT2D eigenvalue weighted by Gasteiger charge is -2.11. The van der Waals surface area contributed by atoms with E-state index in [-0.39, 0.29) is 23.7 Å². The van der Waals surface area contributed by atoms with Crippen molar-refractivity contribution in [2.24, 2.45) is 5.73 Å². The number of primary amides is 1. The molecule has 0 radical (unpaired) electrons. The molecule has 2 amide bonds. The maximum absolute atomic E-state index is 12.0. The minimum absolute atomic E-state index is 0.0127. The first-order chi connectivity index (χ1) is 8.86. The van der Waals surface area contributed by atoms with Gasteiger partial charge in [-0.3, -0.25) is 0 Å². The lowest BCUT2D eigenvalue weighted by molar-refractivity contribution is 0.249. The zero-order valence-electron chi connectivity index (χ0n) is 10.3. The second kappa shape index (κ2) is 6.25. The van der Waals surface area contributed by atoms with Gasteiger partial charge in [-0.25, -0.2) is 17.9 Å². The third-order valence-corrected chi connectivity index (χ3v) is 3.69. The average Bonchev–Trinajstić information content (AvgIpc) is 2.34. The fourth-order valence-electron chi connectivity index (χ4n) is 1.36. The summed E-state index contributed by atoms with van der Waals surface area (Å²) in [5.74, 6) is 0.148. The van der Waals surface area contributed by atoms with Crippen molar-refractivity contribution in [2.75, 3.05) is 25.9 Å². The lowest BCUT2D eigenvalue weighted by Crippen LogP contribution is -2.37. The van der Waals surface area contributed by atoms with Gasteiger partial charge in [-0.1, -0.05) is 0 Å². The third kappa shape index (κ3) is 4.30. The van der Waals surface area contributed by atoms with Crippen LogP contribution in [0.25, 0.3) is 0 Å². The highest BCUT2D eigenvalue weighted by Gasteiger charge is 2.18. The number of anilines is 1. The van der Waals surface area contributed by atoms with Crippen LogP contribution < -0.4 is 26.2 Å². The van der Waals surface area contributed by atoms with Gasteiger partial charge in [-0.05, 0) is 12.1 Å². The Bertz CT molecular complexity index is 559. The second-order valence-corrected chi connectivity index (χ2v) is 5.33. The molecule has 106 valence electrons. The molecule has 0 heterocycles. The van der Waals surface area contributed by atoms with Crippen molar-refractivity contribution < 1.29 is 17.9 Å². The van der Waals surface area contributed by atoms with Gasteiger partial charge in [0, 0.05) is 24.8 Å². The standard InChI is InChI=1S/C10H16N4O4S/c1-18-8-6-7(11)2-3-9(8)19(16,17)14-5-4-13-10(12)15/h2-3,6,14H,4-5,11H2,1H3,(H3,12,13,15). The normalized spacial score (nSPS) is 11.0. The van der Waals surface area contributed by atoms with Crippen molar-refractivity contribution in [3.63, 3.8) is 0 Å². The van der Waals surface area contributed by atoms with Crippen molar-refractivity contribution >= 4 is 21.7 Å². The predicted octanol–water partition coefficient (Wildman–Crippen LogP) is -0.776. The van der Waals surface area contributed by atoms with E-state index in [0.717, 1.165) is 0 Å². The van der Waals surface area contributed by atoms with Gasteiger partial charge in [0.1, 0.15) is 10.6 Å². The van der Waals surface area contributed by atoms with Crippen LogP contribution in [-0.4, -0.2) is 34.6 Å². The molecule has 0 fully saturated rings. The Labute approximate surface area is 111 Å². The van der Waals surface area contributed by atoms with Crippen LogP contribution in [0, 0.1) is 0 Å². The van der Waals surface area contributed by atoms with Gasteiger partial charge in [-0.15, -0.1) is 0 Å². The highest BCUT2D eigenvalue weighted by Crippen LogP contribution is 2.25. The molecule has 8 nitrogen and oxygen atoms in total. The van der Waals surface area contributed by atoms with Crippen molar-refractivity contribution in [2.45, 2.75) is 4.90 Å². The topological polar surface area (TPSA) is 137 Å². The summed E-state index contributed by atoms with van der Waals surface area (Å²) < 4.78 is 31.3. The van der Waals surface area contributed by atoms with E-state index in [1.807, 2.05) is 0 Å². The molecule has 0 saturated heterocycles. The highest BCUT2D eigenvalue weighted by atomic mass is 32.2. The van der Waals surface area contributed by atoms with E-state index >= 15 is 0 Å². The Morgan fingerprint density at radius 2 is 2.05 bits per heavy atom. The molecule has 1 aromatic rings. The molecule has 0 aromatic heterocycles. The van der Waals surface area contributed by atoms with Crippen LogP contribution in [0.5, 0.6) is 5.75 Å². The molecule has 0 aliphatic rings. The summed E-state index contributed by atoms with van der Waals surface area (Å²) in [5, 5.41) is 2.27. The van der Waals surface area contributed by atoms with E-state index in [0.29, 0.717) is 5.69 Å². The fourth-order valence-corrected chi connectivity index (χ4v) is 2.54. The number of urea groups is 1.